The highest BCUT2D eigenvalue weighted by Crippen LogP contribution is 2.04. The summed E-state index contributed by atoms with van der Waals surface area (Å²) in [7, 11) is -7.68. The first kappa shape index (κ1) is 21.3. The zero-order valence-corrected chi connectivity index (χ0v) is 14.5. The van der Waals surface area contributed by atoms with E-state index in [1.165, 1.54) is 13.8 Å². The first-order chi connectivity index (χ1) is 10.4. The molecule has 14 heteroatoms. The number of rotatable bonds is 12. The SMILES string of the molecule is CCN(CS(=O)(=O)CCCS(=O)(=O)CN(CC)[N+](=O)[O-])[N+](=O)[O-]. The fourth-order valence-corrected chi connectivity index (χ4v) is 4.66. The summed E-state index contributed by atoms with van der Waals surface area (Å²) in [6.07, 6.45) is -0.283. The van der Waals surface area contributed by atoms with Gasteiger partial charge in [0.05, 0.1) is 24.6 Å². The maximum Gasteiger partial charge on any atom is 0.180 e. The van der Waals surface area contributed by atoms with Gasteiger partial charge in [-0.1, -0.05) is 0 Å². The van der Waals surface area contributed by atoms with Gasteiger partial charge >= 0.3 is 0 Å². The van der Waals surface area contributed by atoms with Crippen LogP contribution in [-0.4, -0.2) is 73.3 Å². The van der Waals surface area contributed by atoms with Crippen molar-refractivity contribution in [1.29, 1.82) is 0 Å². The van der Waals surface area contributed by atoms with Crippen molar-refractivity contribution < 1.29 is 26.9 Å². The molecule has 0 N–H and O–H groups in total. The molecule has 0 saturated carbocycles. The van der Waals surface area contributed by atoms with Crippen molar-refractivity contribution in [2.24, 2.45) is 0 Å². The predicted molar refractivity (Wildman–Crippen MR) is 80.7 cm³/mol. The van der Waals surface area contributed by atoms with Gasteiger partial charge < -0.3 is 0 Å². The Morgan fingerprint density at radius 1 is 0.783 bits per heavy atom. The van der Waals surface area contributed by atoms with Crippen molar-refractivity contribution in [3.05, 3.63) is 20.2 Å². The Morgan fingerprint density at radius 2 is 1.09 bits per heavy atom. The Morgan fingerprint density at radius 3 is 1.30 bits per heavy atom. The smallest absolute Gasteiger partial charge is 0.180 e. The normalized spacial score (nSPS) is 11.9. The minimum Gasteiger partial charge on any atom is -0.235 e. The average Bonchev–Trinajstić information content (AvgIpc) is 2.41. The van der Waals surface area contributed by atoms with Gasteiger partial charge in [-0.3, -0.25) is 0 Å². The van der Waals surface area contributed by atoms with Crippen molar-refractivity contribution >= 4 is 19.7 Å². The summed E-state index contributed by atoms with van der Waals surface area (Å²) in [5.41, 5.74) is 0. The maximum absolute atomic E-state index is 11.7. The number of hydrazine groups is 2. The highest BCUT2D eigenvalue weighted by molar-refractivity contribution is 7.92. The van der Waals surface area contributed by atoms with Gasteiger partial charge in [-0.05, 0) is 20.3 Å². The Hall–Kier alpha value is -1.70. The van der Waals surface area contributed by atoms with E-state index >= 15 is 0 Å². The summed E-state index contributed by atoms with van der Waals surface area (Å²) in [6, 6.07) is 0. The number of hydrogen-bond acceptors (Lipinski definition) is 8. The molecule has 0 bridgehead atoms. The van der Waals surface area contributed by atoms with Crippen LogP contribution in [0.2, 0.25) is 0 Å². The molecule has 0 atom stereocenters. The minimum atomic E-state index is -3.84. The van der Waals surface area contributed by atoms with Crippen LogP contribution < -0.4 is 0 Å². The molecular weight excluding hydrogens is 356 g/mol. The van der Waals surface area contributed by atoms with Crippen LogP contribution in [0, 0.1) is 20.2 Å². The standard InChI is InChI=1S/C9H20N4O8S2/c1-3-10(12(14)15)8-22(18,19)6-5-7-23(20,21)9-11(4-2)13(16)17/h3-9H2,1-2H3. The zero-order valence-electron chi connectivity index (χ0n) is 12.8. The number of hydrogen-bond donors (Lipinski definition) is 0. The fourth-order valence-electron chi connectivity index (χ4n) is 1.59. The van der Waals surface area contributed by atoms with Crippen LogP contribution in [0.5, 0.6) is 0 Å². The van der Waals surface area contributed by atoms with E-state index < -0.39 is 53.0 Å². The van der Waals surface area contributed by atoms with E-state index in [9.17, 15) is 37.1 Å². The van der Waals surface area contributed by atoms with Crippen molar-refractivity contribution in [1.82, 2.24) is 10.0 Å². The van der Waals surface area contributed by atoms with Crippen LogP contribution in [0.3, 0.4) is 0 Å². The monoisotopic (exact) mass is 376 g/mol. The number of sulfone groups is 2. The van der Waals surface area contributed by atoms with E-state index in [1.54, 1.807) is 0 Å². The molecule has 23 heavy (non-hydrogen) atoms. The van der Waals surface area contributed by atoms with Crippen LogP contribution in [0.15, 0.2) is 0 Å². The predicted octanol–water partition coefficient (Wildman–Crippen LogP) is -0.852. The number of nitrogens with zero attached hydrogens (tertiary/aromatic N) is 4. The average molecular weight is 376 g/mol. The summed E-state index contributed by atoms with van der Waals surface area (Å²) in [5, 5.41) is 20.4. The molecule has 0 spiro atoms. The Kier molecular flexibility index (Phi) is 8.16. The van der Waals surface area contributed by atoms with Gasteiger partial charge in [0.15, 0.2) is 41.5 Å². The summed E-state index contributed by atoms with van der Waals surface area (Å²) in [5.74, 6) is -2.73. The quantitative estimate of drug-likeness (QED) is 0.310. The lowest BCUT2D eigenvalue weighted by Crippen LogP contribution is -2.37. The second kappa shape index (κ2) is 8.81. The largest absolute Gasteiger partial charge is 0.235 e. The third-order valence-corrected chi connectivity index (χ3v) is 6.00. The van der Waals surface area contributed by atoms with Crippen LogP contribution in [0.25, 0.3) is 0 Å². The van der Waals surface area contributed by atoms with Crippen molar-refractivity contribution in [3.63, 3.8) is 0 Å². The molecule has 0 aliphatic carbocycles. The van der Waals surface area contributed by atoms with E-state index in [2.05, 4.69) is 0 Å². The first-order valence-corrected chi connectivity index (χ1v) is 10.3. The van der Waals surface area contributed by atoms with Crippen LogP contribution in [-0.2, 0) is 19.7 Å². The van der Waals surface area contributed by atoms with Gasteiger partial charge in [0.2, 0.25) is 0 Å². The molecule has 0 aromatic rings. The van der Waals surface area contributed by atoms with Crippen LogP contribution in [0.1, 0.15) is 20.3 Å². The maximum atomic E-state index is 11.7. The van der Waals surface area contributed by atoms with E-state index in [0.717, 1.165) is 0 Å². The van der Waals surface area contributed by atoms with Crippen molar-refractivity contribution in [2.75, 3.05) is 36.3 Å². The molecule has 12 nitrogen and oxygen atoms in total. The molecule has 0 saturated heterocycles. The van der Waals surface area contributed by atoms with E-state index in [4.69, 9.17) is 0 Å². The number of nitro groups is 2. The van der Waals surface area contributed by atoms with Gasteiger partial charge in [-0.2, -0.15) is 0 Å². The molecule has 0 aliphatic rings. The molecule has 0 fully saturated rings. The third kappa shape index (κ3) is 8.49. The summed E-state index contributed by atoms with van der Waals surface area (Å²) >= 11 is 0. The summed E-state index contributed by atoms with van der Waals surface area (Å²) in [6.45, 7) is 2.61. The Balaban J connectivity index is 4.57. The highest BCUT2D eigenvalue weighted by Gasteiger charge is 2.25. The second-order valence-corrected chi connectivity index (χ2v) is 8.94. The first-order valence-electron chi connectivity index (χ1n) is 6.63. The Labute approximate surface area is 134 Å². The molecule has 0 amide bonds. The molecule has 136 valence electrons. The lowest BCUT2D eigenvalue weighted by molar-refractivity contribution is -0.650. The summed E-state index contributed by atoms with van der Waals surface area (Å²) in [4.78, 5) is 21.1. The zero-order chi connectivity index (χ0) is 18.3. The lowest BCUT2D eigenvalue weighted by Gasteiger charge is -2.13. The van der Waals surface area contributed by atoms with Gasteiger partial charge in [0, 0.05) is 0 Å². The summed E-state index contributed by atoms with van der Waals surface area (Å²) < 4.78 is 46.9. The lowest BCUT2D eigenvalue weighted by atomic mass is 10.6. The van der Waals surface area contributed by atoms with Gasteiger partial charge in [0.1, 0.15) is 0 Å². The van der Waals surface area contributed by atoms with E-state index in [0.29, 0.717) is 10.0 Å². The second-order valence-electron chi connectivity index (χ2n) is 4.63. The fraction of sp³-hybridized carbons (Fsp3) is 1.00. The molecule has 0 aliphatic heterocycles. The molecule has 0 rings (SSSR count). The molecule has 0 aromatic heterocycles. The molecule has 0 aromatic carbocycles. The van der Waals surface area contributed by atoms with Crippen LogP contribution >= 0.6 is 0 Å². The van der Waals surface area contributed by atoms with Crippen molar-refractivity contribution in [3.8, 4) is 0 Å². The minimum absolute atomic E-state index is 0.112. The Bertz CT molecular complexity index is 563. The van der Waals surface area contributed by atoms with E-state index in [1.807, 2.05) is 0 Å². The van der Waals surface area contributed by atoms with Gasteiger partial charge in [-0.25, -0.2) is 37.1 Å². The third-order valence-electron chi connectivity index (χ3n) is 2.79. The van der Waals surface area contributed by atoms with Crippen molar-refractivity contribution in [2.45, 2.75) is 20.3 Å². The topological polar surface area (TPSA) is 161 Å². The molecular formula is C9H20N4O8S2. The molecule has 0 heterocycles. The van der Waals surface area contributed by atoms with Crippen LogP contribution in [0.4, 0.5) is 0 Å². The van der Waals surface area contributed by atoms with Gasteiger partial charge in [0.25, 0.3) is 0 Å². The molecule has 0 unspecified atom stereocenters. The van der Waals surface area contributed by atoms with Gasteiger partial charge in [-0.15, -0.1) is 10.0 Å². The molecule has 0 radical (unpaired) electrons. The highest BCUT2D eigenvalue weighted by atomic mass is 32.2. The van der Waals surface area contributed by atoms with E-state index in [-0.39, 0.29) is 19.5 Å².